The van der Waals surface area contributed by atoms with Crippen molar-refractivity contribution >= 4 is 5.69 Å². The number of benzene rings is 2. The third-order valence-corrected chi connectivity index (χ3v) is 5.08. The third-order valence-electron chi connectivity index (χ3n) is 5.08. The molecule has 2 N–H and O–H groups in total. The second kappa shape index (κ2) is 6.04. The van der Waals surface area contributed by atoms with E-state index < -0.39 is 0 Å². The molecule has 3 atom stereocenters. The molecule has 4 heteroatoms. The normalized spacial score (nSPS) is 25.6. The lowest BCUT2D eigenvalue weighted by Crippen LogP contribution is -2.43. The number of phenols is 1. The fourth-order valence-corrected chi connectivity index (χ4v) is 3.72. The first-order valence-corrected chi connectivity index (χ1v) is 8.86. The lowest BCUT2D eigenvalue weighted by Gasteiger charge is -2.43. The van der Waals surface area contributed by atoms with Crippen LogP contribution >= 0.6 is 0 Å². The van der Waals surface area contributed by atoms with Gasteiger partial charge in [0.1, 0.15) is 18.0 Å². The van der Waals surface area contributed by atoms with E-state index in [1.165, 1.54) is 5.56 Å². The summed E-state index contributed by atoms with van der Waals surface area (Å²) in [6.07, 6.45) is -0.210. The standard InChI is InChI=1S/C21H25NO3/c1-21(2,3)14-7-8-17-16(12-14)19-20(25-10-9-24-19)18(22-17)13-5-4-6-15(23)11-13/h4-8,11-12,18-20,22-23H,9-10H2,1-3H3/t18-,19?,20+/m1/s1. The Bertz CT molecular complexity index is 781. The van der Waals surface area contributed by atoms with Crippen molar-refractivity contribution in [2.75, 3.05) is 18.5 Å². The molecule has 0 bridgehead atoms. The monoisotopic (exact) mass is 339 g/mol. The van der Waals surface area contributed by atoms with Crippen molar-refractivity contribution in [3.05, 3.63) is 59.2 Å². The molecule has 0 saturated carbocycles. The van der Waals surface area contributed by atoms with Crippen LogP contribution in [0.5, 0.6) is 5.75 Å². The molecule has 2 heterocycles. The van der Waals surface area contributed by atoms with E-state index in [1.807, 2.05) is 12.1 Å². The third kappa shape index (κ3) is 3.00. The van der Waals surface area contributed by atoms with Crippen molar-refractivity contribution < 1.29 is 14.6 Å². The molecule has 132 valence electrons. The Balaban J connectivity index is 1.78. The Kier molecular flexibility index (Phi) is 3.97. The van der Waals surface area contributed by atoms with E-state index in [1.54, 1.807) is 12.1 Å². The summed E-state index contributed by atoms with van der Waals surface area (Å²) in [6.45, 7) is 7.85. The molecule has 0 spiro atoms. The Morgan fingerprint density at radius 2 is 1.84 bits per heavy atom. The van der Waals surface area contributed by atoms with E-state index in [2.05, 4.69) is 44.3 Å². The highest BCUT2D eigenvalue weighted by atomic mass is 16.6. The number of fused-ring (bicyclic) bond motifs is 3. The quantitative estimate of drug-likeness (QED) is 0.813. The minimum atomic E-state index is -0.113. The zero-order chi connectivity index (χ0) is 17.6. The molecule has 2 aliphatic heterocycles. The molecule has 25 heavy (non-hydrogen) atoms. The Morgan fingerprint density at radius 3 is 2.60 bits per heavy atom. The van der Waals surface area contributed by atoms with Gasteiger partial charge in [0.05, 0.1) is 19.3 Å². The highest BCUT2D eigenvalue weighted by Crippen LogP contribution is 2.45. The lowest BCUT2D eigenvalue weighted by atomic mass is 9.82. The second-order valence-electron chi connectivity index (χ2n) is 7.90. The Morgan fingerprint density at radius 1 is 1.04 bits per heavy atom. The van der Waals surface area contributed by atoms with Gasteiger partial charge >= 0.3 is 0 Å². The van der Waals surface area contributed by atoms with Crippen molar-refractivity contribution in [1.82, 2.24) is 0 Å². The van der Waals surface area contributed by atoms with Crippen molar-refractivity contribution in [3.63, 3.8) is 0 Å². The van der Waals surface area contributed by atoms with Gasteiger partial charge in [0.25, 0.3) is 0 Å². The number of anilines is 1. The molecule has 0 aliphatic carbocycles. The topological polar surface area (TPSA) is 50.7 Å². The van der Waals surface area contributed by atoms with Crippen LogP contribution in [-0.4, -0.2) is 24.4 Å². The van der Waals surface area contributed by atoms with Crippen LogP contribution in [0.2, 0.25) is 0 Å². The zero-order valence-electron chi connectivity index (χ0n) is 15.0. The summed E-state index contributed by atoms with van der Waals surface area (Å²) in [5.41, 5.74) is 4.62. The summed E-state index contributed by atoms with van der Waals surface area (Å²) < 4.78 is 12.2. The van der Waals surface area contributed by atoms with Crippen LogP contribution in [-0.2, 0) is 14.9 Å². The number of hydrogen-bond donors (Lipinski definition) is 2. The smallest absolute Gasteiger partial charge is 0.115 e. The predicted octanol–water partition coefficient (Wildman–Crippen LogP) is 4.31. The molecule has 1 fully saturated rings. The molecular weight excluding hydrogens is 314 g/mol. The van der Waals surface area contributed by atoms with Crippen molar-refractivity contribution in [1.29, 1.82) is 0 Å². The van der Waals surface area contributed by atoms with Gasteiger partial charge in [-0.05, 0) is 34.7 Å². The first kappa shape index (κ1) is 16.4. The zero-order valence-corrected chi connectivity index (χ0v) is 15.0. The van der Waals surface area contributed by atoms with Gasteiger partial charge in [-0.2, -0.15) is 0 Å². The fourth-order valence-electron chi connectivity index (χ4n) is 3.72. The van der Waals surface area contributed by atoms with Gasteiger partial charge in [0.2, 0.25) is 0 Å². The first-order chi connectivity index (χ1) is 11.9. The minimum absolute atomic E-state index is 0.0506. The number of hydrogen-bond acceptors (Lipinski definition) is 4. The first-order valence-electron chi connectivity index (χ1n) is 8.86. The highest BCUT2D eigenvalue weighted by Gasteiger charge is 2.41. The molecule has 0 aromatic heterocycles. The highest BCUT2D eigenvalue weighted by molar-refractivity contribution is 5.59. The summed E-state index contributed by atoms with van der Waals surface area (Å²) in [5.74, 6) is 0.265. The molecule has 1 saturated heterocycles. The summed E-state index contributed by atoms with van der Waals surface area (Å²) in [5, 5.41) is 13.5. The average Bonchev–Trinajstić information content (AvgIpc) is 2.60. The number of ether oxygens (including phenoxy) is 2. The summed E-state index contributed by atoms with van der Waals surface area (Å²) in [7, 11) is 0. The van der Waals surface area contributed by atoms with E-state index in [0.717, 1.165) is 16.8 Å². The number of rotatable bonds is 1. The maximum atomic E-state index is 9.86. The summed E-state index contributed by atoms with van der Waals surface area (Å²) >= 11 is 0. The minimum Gasteiger partial charge on any atom is -0.508 e. The maximum absolute atomic E-state index is 9.86. The molecule has 2 aliphatic rings. The largest absolute Gasteiger partial charge is 0.508 e. The van der Waals surface area contributed by atoms with Gasteiger partial charge in [-0.15, -0.1) is 0 Å². The van der Waals surface area contributed by atoms with Gasteiger partial charge in [0.15, 0.2) is 0 Å². The lowest BCUT2D eigenvalue weighted by molar-refractivity contribution is -0.151. The van der Waals surface area contributed by atoms with Gasteiger partial charge < -0.3 is 19.9 Å². The van der Waals surface area contributed by atoms with Crippen LogP contribution in [0.1, 0.15) is 49.6 Å². The molecule has 0 amide bonds. The van der Waals surface area contributed by atoms with Gasteiger partial charge in [-0.3, -0.25) is 0 Å². The molecule has 2 aromatic carbocycles. The molecule has 0 radical (unpaired) electrons. The van der Waals surface area contributed by atoms with Crippen LogP contribution in [0.15, 0.2) is 42.5 Å². The van der Waals surface area contributed by atoms with E-state index >= 15 is 0 Å². The second-order valence-corrected chi connectivity index (χ2v) is 7.90. The Hall–Kier alpha value is -2.04. The van der Waals surface area contributed by atoms with Gasteiger partial charge in [-0.1, -0.05) is 45.0 Å². The van der Waals surface area contributed by atoms with E-state index in [9.17, 15) is 5.11 Å². The average molecular weight is 339 g/mol. The summed E-state index contributed by atoms with van der Waals surface area (Å²) in [6, 6.07) is 13.9. The predicted molar refractivity (Wildman–Crippen MR) is 98.0 cm³/mol. The van der Waals surface area contributed by atoms with E-state index in [4.69, 9.17) is 9.47 Å². The van der Waals surface area contributed by atoms with Crippen molar-refractivity contribution in [2.24, 2.45) is 0 Å². The molecule has 4 nitrogen and oxygen atoms in total. The van der Waals surface area contributed by atoms with Gasteiger partial charge in [-0.25, -0.2) is 0 Å². The Labute approximate surface area is 148 Å². The molecule has 4 rings (SSSR count). The van der Waals surface area contributed by atoms with Crippen LogP contribution in [0, 0.1) is 0 Å². The van der Waals surface area contributed by atoms with E-state index in [-0.39, 0.29) is 29.4 Å². The molecular formula is C21H25NO3. The number of aromatic hydroxyl groups is 1. The molecule has 2 aromatic rings. The SMILES string of the molecule is CC(C)(C)c1ccc2c(c1)C1OCCO[C@H]1[C@@H](c1cccc(O)c1)N2. The maximum Gasteiger partial charge on any atom is 0.115 e. The van der Waals surface area contributed by atoms with Crippen LogP contribution in [0.4, 0.5) is 5.69 Å². The van der Waals surface area contributed by atoms with Crippen molar-refractivity contribution in [3.8, 4) is 5.75 Å². The van der Waals surface area contributed by atoms with E-state index in [0.29, 0.717) is 13.2 Å². The number of nitrogens with one attached hydrogen (secondary N) is 1. The van der Waals surface area contributed by atoms with Crippen LogP contribution in [0.25, 0.3) is 0 Å². The molecule has 1 unspecified atom stereocenters. The van der Waals surface area contributed by atoms with Crippen LogP contribution in [0.3, 0.4) is 0 Å². The summed E-state index contributed by atoms with van der Waals surface area (Å²) in [4.78, 5) is 0. The van der Waals surface area contributed by atoms with Gasteiger partial charge in [0, 0.05) is 11.3 Å². The fraction of sp³-hybridized carbons (Fsp3) is 0.429. The van der Waals surface area contributed by atoms with Crippen molar-refractivity contribution in [2.45, 2.75) is 44.4 Å². The van der Waals surface area contributed by atoms with Crippen LogP contribution < -0.4 is 5.32 Å². The number of phenolic OH excluding ortho intramolecular Hbond substituents is 1.